The maximum absolute atomic E-state index is 11.0. The van der Waals surface area contributed by atoms with Gasteiger partial charge in [0.25, 0.3) is 11.7 Å². The minimum Gasteiger partial charge on any atom is -0.423 e. The summed E-state index contributed by atoms with van der Waals surface area (Å²) in [4.78, 5) is 16.8. The molecule has 7 heteroatoms. The number of benzene rings is 1. The quantitative estimate of drug-likeness (QED) is 0.652. The number of rotatable bonds is 2. The van der Waals surface area contributed by atoms with Gasteiger partial charge in [-0.25, -0.2) is 0 Å². The van der Waals surface area contributed by atoms with Gasteiger partial charge in [-0.15, -0.1) is 0 Å². The Kier molecular flexibility index (Phi) is 2.83. The molecular weight excluding hydrogens is 248 g/mol. The molecule has 1 aromatic heterocycles. The van der Waals surface area contributed by atoms with Crippen molar-refractivity contribution in [2.75, 3.05) is 24.5 Å². The molecule has 2 heterocycles. The van der Waals surface area contributed by atoms with Gasteiger partial charge in [-0.2, -0.15) is 4.98 Å². The third kappa shape index (κ3) is 2.12. The van der Waals surface area contributed by atoms with Gasteiger partial charge in [0.05, 0.1) is 4.92 Å². The Labute approximate surface area is 109 Å². The maximum Gasteiger partial charge on any atom is 0.298 e. The minimum absolute atomic E-state index is 0.0179. The van der Waals surface area contributed by atoms with E-state index in [-0.39, 0.29) is 5.69 Å². The Hall–Kier alpha value is -2.15. The van der Waals surface area contributed by atoms with Gasteiger partial charge in [-0.1, -0.05) is 6.07 Å². The highest BCUT2D eigenvalue weighted by Crippen LogP contribution is 2.29. The molecule has 1 aromatic carbocycles. The van der Waals surface area contributed by atoms with Crippen LogP contribution >= 0.6 is 0 Å². The number of non-ortho nitro benzene ring substituents is 1. The molecule has 19 heavy (non-hydrogen) atoms. The molecule has 1 unspecified atom stereocenters. The van der Waals surface area contributed by atoms with Crippen LogP contribution in [0.1, 0.15) is 6.92 Å². The largest absolute Gasteiger partial charge is 0.423 e. The van der Waals surface area contributed by atoms with Gasteiger partial charge < -0.3 is 14.6 Å². The van der Waals surface area contributed by atoms with E-state index in [1.807, 2.05) is 4.90 Å². The van der Waals surface area contributed by atoms with E-state index in [1.54, 1.807) is 12.1 Å². The van der Waals surface area contributed by atoms with E-state index in [0.29, 0.717) is 23.2 Å². The lowest BCUT2D eigenvalue weighted by Crippen LogP contribution is -2.49. The first kappa shape index (κ1) is 11.9. The van der Waals surface area contributed by atoms with Crippen LogP contribution in [0.2, 0.25) is 0 Å². The van der Waals surface area contributed by atoms with Crippen LogP contribution in [-0.2, 0) is 0 Å². The predicted octanol–water partition coefficient (Wildman–Crippen LogP) is 1.53. The molecule has 3 rings (SSSR count). The average molecular weight is 262 g/mol. The highest BCUT2D eigenvalue weighted by atomic mass is 16.6. The first-order chi connectivity index (χ1) is 9.15. The van der Waals surface area contributed by atoms with E-state index in [9.17, 15) is 10.1 Å². The van der Waals surface area contributed by atoms with Crippen molar-refractivity contribution in [1.82, 2.24) is 10.3 Å². The van der Waals surface area contributed by atoms with Crippen molar-refractivity contribution in [2.24, 2.45) is 0 Å². The highest BCUT2D eigenvalue weighted by molar-refractivity contribution is 5.84. The zero-order valence-electron chi connectivity index (χ0n) is 10.5. The van der Waals surface area contributed by atoms with Gasteiger partial charge in [0.1, 0.15) is 0 Å². The molecular formula is C12H14N4O3. The normalized spacial score (nSPS) is 19.8. The number of para-hydroxylation sites is 1. The van der Waals surface area contributed by atoms with Crippen molar-refractivity contribution in [3.63, 3.8) is 0 Å². The summed E-state index contributed by atoms with van der Waals surface area (Å²) in [6.07, 6.45) is 0. The van der Waals surface area contributed by atoms with Crippen molar-refractivity contribution in [1.29, 1.82) is 0 Å². The van der Waals surface area contributed by atoms with Crippen LogP contribution in [0.5, 0.6) is 0 Å². The molecule has 0 aliphatic carbocycles. The van der Waals surface area contributed by atoms with E-state index in [1.165, 1.54) is 6.07 Å². The lowest BCUT2D eigenvalue weighted by Gasteiger charge is -2.30. The fourth-order valence-corrected chi connectivity index (χ4v) is 2.31. The fourth-order valence-electron chi connectivity index (χ4n) is 2.31. The molecule has 1 aliphatic heterocycles. The van der Waals surface area contributed by atoms with Gasteiger partial charge in [-0.3, -0.25) is 10.1 Å². The van der Waals surface area contributed by atoms with Gasteiger partial charge in [0.2, 0.25) is 0 Å². The van der Waals surface area contributed by atoms with Crippen molar-refractivity contribution < 1.29 is 9.34 Å². The van der Waals surface area contributed by atoms with Gasteiger partial charge in [0, 0.05) is 31.7 Å². The number of nitro benzene ring substituents is 1. The summed E-state index contributed by atoms with van der Waals surface area (Å²) >= 11 is 0. The Morgan fingerprint density at radius 2 is 2.42 bits per heavy atom. The molecule has 2 aromatic rings. The summed E-state index contributed by atoms with van der Waals surface area (Å²) in [6.45, 7) is 4.49. The topological polar surface area (TPSA) is 84.4 Å². The second-order valence-electron chi connectivity index (χ2n) is 4.68. The zero-order chi connectivity index (χ0) is 13.4. The third-order valence-corrected chi connectivity index (χ3v) is 3.22. The fraction of sp³-hybridized carbons (Fsp3) is 0.417. The van der Waals surface area contributed by atoms with Crippen LogP contribution in [0.15, 0.2) is 22.6 Å². The molecule has 0 amide bonds. The van der Waals surface area contributed by atoms with E-state index >= 15 is 0 Å². The second-order valence-corrected chi connectivity index (χ2v) is 4.68. The maximum atomic E-state index is 11.0. The molecule has 0 saturated carbocycles. The number of nitrogens with one attached hydrogen (secondary N) is 1. The Morgan fingerprint density at radius 1 is 1.58 bits per heavy atom. The summed E-state index contributed by atoms with van der Waals surface area (Å²) in [6, 6.07) is 5.55. The van der Waals surface area contributed by atoms with E-state index in [4.69, 9.17) is 4.42 Å². The SMILES string of the molecule is CC1CN(c2nc3c([N+](=O)[O-])cccc3o2)CCN1. The molecule has 0 spiro atoms. The molecule has 0 radical (unpaired) electrons. The van der Waals surface area contributed by atoms with Crippen LogP contribution in [0.3, 0.4) is 0 Å². The van der Waals surface area contributed by atoms with Crippen LogP contribution in [0.25, 0.3) is 11.1 Å². The molecule has 1 N–H and O–H groups in total. The number of anilines is 1. The summed E-state index contributed by atoms with van der Waals surface area (Å²) in [5.41, 5.74) is 0.750. The number of fused-ring (bicyclic) bond motifs is 1. The summed E-state index contributed by atoms with van der Waals surface area (Å²) in [7, 11) is 0. The van der Waals surface area contributed by atoms with E-state index in [2.05, 4.69) is 17.2 Å². The zero-order valence-corrected chi connectivity index (χ0v) is 10.5. The standard InChI is InChI=1S/C12H14N4O3/c1-8-7-15(6-5-13-8)12-14-11-9(16(17)18)3-2-4-10(11)19-12/h2-4,8,13H,5-7H2,1H3. The number of hydrogen-bond donors (Lipinski definition) is 1. The second kappa shape index (κ2) is 4.51. The molecule has 0 bridgehead atoms. The number of piperazine rings is 1. The summed E-state index contributed by atoms with van der Waals surface area (Å²) in [5, 5.41) is 14.3. The van der Waals surface area contributed by atoms with Crippen LogP contribution in [-0.4, -0.2) is 35.6 Å². The van der Waals surface area contributed by atoms with Crippen LogP contribution < -0.4 is 10.2 Å². The van der Waals surface area contributed by atoms with Crippen molar-refractivity contribution in [3.8, 4) is 0 Å². The molecule has 100 valence electrons. The highest BCUT2D eigenvalue weighted by Gasteiger charge is 2.23. The first-order valence-corrected chi connectivity index (χ1v) is 6.17. The Bertz CT molecular complexity index is 624. The average Bonchev–Trinajstić information content (AvgIpc) is 2.82. The summed E-state index contributed by atoms with van der Waals surface area (Å²) in [5.74, 6) is 0. The van der Waals surface area contributed by atoms with Crippen molar-refractivity contribution in [2.45, 2.75) is 13.0 Å². The Morgan fingerprint density at radius 3 is 3.16 bits per heavy atom. The number of aromatic nitrogens is 1. The lowest BCUT2D eigenvalue weighted by atomic mass is 10.2. The monoisotopic (exact) mass is 262 g/mol. The molecule has 1 saturated heterocycles. The summed E-state index contributed by atoms with van der Waals surface area (Å²) < 4.78 is 5.63. The number of hydrogen-bond acceptors (Lipinski definition) is 6. The van der Waals surface area contributed by atoms with Crippen molar-refractivity contribution >= 4 is 22.8 Å². The Balaban J connectivity index is 2.01. The first-order valence-electron chi connectivity index (χ1n) is 6.17. The lowest BCUT2D eigenvalue weighted by molar-refractivity contribution is -0.383. The minimum atomic E-state index is -0.435. The van der Waals surface area contributed by atoms with Gasteiger partial charge in [0.15, 0.2) is 11.1 Å². The van der Waals surface area contributed by atoms with E-state index < -0.39 is 4.92 Å². The smallest absolute Gasteiger partial charge is 0.298 e. The van der Waals surface area contributed by atoms with Crippen LogP contribution in [0, 0.1) is 10.1 Å². The molecule has 1 fully saturated rings. The molecule has 7 nitrogen and oxygen atoms in total. The van der Waals surface area contributed by atoms with Crippen LogP contribution in [0.4, 0.5) is 11.7 Å². The predicted molar refractivity (Wildman–Crippen MR) is 70.3 cm³/mol. The van der Waals surface area contributed by atoms with Crippen molar-refractivity contribution in [3.05, 3.63) is 28.3 Å². The van der Waals surface area contributed by atoms with Gasteiger partial charge in [-0.05, 0) is 13.0 Å². The van der Waals surface area contributed by atoms with Gasteiger partial charge >= 0.3 is 0 Å². The number of nitrogens with zero attached hydrogens (tertiary/aromatic N) is 3. The molecule has 1 atom stereocenters. The molecule has 1 aliphatic rings. The number of oxazole rings is 1. The third-order valence-electron chi connectivity index (χ3n) is 3.22. The number of nitro groups is 1. The van der Waals surface area contributed by atoms with E-state index in [0.717, 1.165) is 19.6 Å².